The van der Waals surface area contributed by atoms with Crippen LogP contribution in [0.3, 0.4) is 0 Å². The molecule has 0 aliphatic carbocycles. The minimum Gasteiger partial charge on any atom is -0.447 e. The van der Waals surface area contributed by atoms with Gasteiger partial charge in [0.15, 0.2) is 0 Å². The van der Waals surface area contributed by atoms with Gasteiger partial charge in [0.25, 0.3) is 10.0 Å². The molecule has 1 aromatic rings. The van der Waals surface area contributed by atoms with Gasteiger partial charge >= 0.3 is 0 Å². The van der Waals surface area contributed by atoms with Gasteiger partial charge in [-0.2, -0.15) is 4.31 Å². The Morgan fingerprint density at radius 2 is 1.79 bits per heavy atom. The lowest BCUT2D eigenvalue weighted by atomic mass is 10.5. The largest absolute Gasteiger partial charge is 0.447 e. The summed E-state index contributed by atoms with van der Waals surface area (Å²) in [5, 5.41) is -0.111. The van der Waals surface area contributed by atoms with Gasteiger partial charge < -0.3 is 19.6 Å². The van der Waals surface area contributed by atoms with Crippen LogP contribution >= 0.6 is 0 Å². The SMILES string of the molecule is COCCN(CCOC)S(=O)(=O)c1ccc(CN)o1. The quantitative estimate of drug-likeness (QED) is 0.689. The highest BCUT2D eigenvalue weighted by Crippen LogP contribution is 2.18. The average Bonchev–Trinajstić information content (AvgIpc) is 2.88. The van der Waals surface area contributed by atoms with Crippen LogP contribution in [-0.2, 0) is 26.0 Å². The molecule has 2 N–H and O–H groups in total. The summed E-state index contributed by atoms with van der Waals surface area (Å²) >= 11 is 0. The van der Waals surface area contributed by atoms with Crippen LogP contribution < -0.4 is 5.73 Å². The Labute approximate surface area is 113 Å². The lowest BCUT2D eigenvalue weighted by Gasteiger charge is -2.19. The molecule has 0 bridgehead atoms. The maximum Gasteiger partial charge on any atom is 0.276 e. The van der Waals surface area contributed by atoms with Gasteiger partial charge in [0.05, 0.1) is 19.8 Å². The van der Waals surface area contributed by atoms with Crippen LogP contribution in [0.1, 0.15) is 5.76 Å². The van der Waals surface area contributed by atoms with E-state index < -0.39 is 10.0 Å². The molecule has 0 spiro atoms. The number of nitrogens with two attached hydrogens (primary N) is 1. The van der Waals surface area contributed by atoms with E-state index in [1.54, 1.807) is 6.07 Å². The zero-order valence-electron chi connectivity index (χ0n) is 11.2. The monoisotopic (exact) mass is 292 g/mol. The van der Waals surface area contributed by atoms with E-state index in [1.165, 1.54) is 24.6 Å². The van der Waals surface area contributed by atoms with E-state index in [4.69, 9.17) is 19.6 Å². The van der Waals surface area contributed by atoms with E-state index in [1.807, 2.05) is 0 Å². The Morgan fingerprint density at radius 1 is 1.21 bits per heavy atom. The molecule has 0 radical (unpaired) electrons. The molecule has 19 heavy (non-hydrogen) atoms. The number of hydrogen-bond donors (Lipinski definition) is 1. The van der Waals surface area contributed by atoms with Crippen LogP contribution in [0.4, 0.5) is 0 Å². The standard InChI is InChI=1S/C11H20N2O5S/c1-16-7-5-13(6-8-17-2)19(14,15)11-4-3-10(9-12)18-11/h3-4H,5-9,12H2,1-2H3. The first-order chi connectivity index (χ1) is 9.06. The molecule has 0 unspecified atom stereocenters. The number of furan rings is 1. The first-order valence-electron chi connectivity index (χ1n) is 5.83. The van der Waals surface area contributed by atoms with Crippen molar-refractivity contribution < 1.29 is 22.3 Å². The summed E-state index contributed by atoms with van der Waals surface area (Å²) in [5.74, 6) is 0.428. The third-order valence-electron chi connectivity index (χ3n) is 2.52. The summed E-state index contributed by atoms with van der Waals surface area (Å²) in [7, 11) is -0.655. The highest BCUT2D eigenvalue weighted by molar-refractivity contribution is 7.89. The van der Waals surface area contributed by atoms with Crippen molar-refractivity contribution in [1.82, 2.24) is 4.31 Å². The van der Waals surface area contributed by atoms with Crippen LogP contribution in [0.15, 0.2) is 21.6 Å². The van der Waals surface area contributed by atoms with Crippen LogP contribution in [0.2, 0.25) is 0 Å². The van der Waals surface area contributed by atoms with Crippen molar-refractivity contribution in [1.29, 1.82) is 0 Å². The van der Waals surface area contributed by atoms with E-state index in [0.717, 1.165) is 0 Å². The van der Waals surface area contributed by atoms with Crippen LogP contribution in [-0.4, -0.2) is 53.2 Å². The van der Waals surface area contributed by atoms with Crippen molar-refractivity contribution in [2.45, 2.75) is 11.6 Å². The second-order valence-electron chi connectivity index (χ2n) is 3.81. The summed E-state index contributed by atoms with van der Waals surface area (Å²) in [6.07, 6.45) is 0. The van der Waals surface area contributed by atoms with Gasteiger partial charge in [-0.1, -0.05) is 0 Å². The normalized spacial score (nSPS) is 12.2. The van der Waals surface area contributed by atoms with Crippen LogP contribution in [0, 0.1) is 0 Å². The van der Waals surface area contributed by atoms with E-state index >= 15 is 0 Å². The predicted molar refractivity (Wildman–Crippen MR) is 69.1 cm³/mol. The van der Waals surface area contributed by atoms with Crippen LogP contribution in [0.25, 0.3) is 0 Å². The van der Waals surface area contributed by atoms with Gasteiger partial charge in [-0.15, -0.1) is 0 Å². The molecule has 0 aliphatic rings. The number of rotatable bonds is 9. The maximum absolute atomic E-state index is 12.4. The molecule has 8 heteroatoms. The van der Waals surface area contributed by atoms with Crippen molar-refractivity contribution in [2.75, 3.05) is 40.5 Å². The third-order valence-corrected chi connectivity index (χ3v) is 4.29. The molecule has 0 saturated heterocycles. The topological polar surface area (TPSA) is 95.0 Å². The Balaban J connectivity index is 2.90. The molecule has 0 atom stereocenters. The molecular formula is C11H20N2O5S. The molecule has 0 aromatic carbocycles. The number of nitrogens with zero attached hydrogens (tertiary/aromatic N) is 1. The lowest BCUT2D eigenvalue weighted by molar-refractivity contribution is 0.149. The molecule has 1 aromatic heterocycles. The van der Waals surface area contributed by atoms with E-state index in [-0.39, 0.29) is 24.7 Å². The predicted octanol–water partition coefficient (Wildman–Crippen LogP) is 0.0218. The molecule has 0 fully saturated rings. The smallest absolute Gasteiger partial charge is 0.276 e. The Bertz CT molecular complexity index is 463. The van der Waals surface area contributed by atoms with Crippen molar-refractivity contribution in [3.63, 3.8) is 0 Å². The summed E-state index contributed by atoms with van der Waals surface area (Å²) in [6.45, 7) is 1.23. The number of sulfonamides is 1. The Morgan fingerprint density at radius 3 is 2.21 bits per heavy atom. The average molecular weight is 292 g/mol. The first-order valence-corrected chi connectivity index (χ1v) is 7.27. The van der Waals surface area contributed by atoms with Crippen molar-refractivity contribution >= 4 is 10.0 Å². The molecule has 7 nitrogen and oxygen atoms in total. The fraction of sp³-hybridized carbons (Fsp3) is 0.636. The van der Waals surface area contributed by atoms with E-state index in [9.17, 15) is 8.42 Å². The third kappa shape index (κ3) is 4.29. The first kappa shape index (κ1) is 16.1. The van der Waals surface area contributed by atoms with Crippen molar-refractivity contribution in [2.24, 2.45) is 5.73 Å². The zero-order valence-corrected chi connectivity index (χ0v) is 12.0. The highest BCUT2D eigenvalue weighted by atomic mass is 32.2. The second-order valence-corrected chi connectivity index (χ2v) is 5.68. The van der Waals surface area contributed by atoms with Gasteiger partial charge in [-0.25, -0.2) is 8.42 Å². The lowest BCUT2D eigenvalue weighted by Crippen LogP contribution is -2.36. The van der Waals surface area contributed by atoms with Gasteiger partial charge in [0, 0.05) is 27.3 Å². The summed E-state index contributed by atoms with van der Waals surface area (Å²) in [5.41, 5.74) is 5.40. The molecular weight excluding hydrogens is 272 g/mol. The number of hydrogen-bond acceptors (Lipinski definition) is 6. The van der Waals surface area contributed by atoms with Gasteiger partial charge in [-0.3, -0.25) is 0 Å². The number of ether oxygens (including phenoxy) is 2. The molecule has 110 valence electrons. The van der Waals surface area contributed by atoms with Gasteiger partial charge in [-0.05, 0) is 12.1 Å². The van der Waals surface area contributed by atoms with E-state index in [2.05, 4.69) is 0 Å². The summed E-state index contributed by atoms with van der Waals surface area (Å²) in [6, 6.07) is 2.96. The van der Waals surface area contributed by atoms with E-state index in [0.29, 0.717) is 19.0 Å². The molecule has 1 rings (SSSR count). The maximum atomic E-state index is 12.4. The fourth-order valence-electron chi connectivity index (χ4n) is 1.47. The van der Waals surface area contributed by atoms with Crippen molar-refractivity contribution in [3.8, 4) is 0 Å². The van der Waals surface area contributed by atoms with Crippen molar-refractivity contribution in [3.05, 3.63) is 17.9 Å². The summed E-state index contributed by atoms with van der Waals surface area (Å²) in [4.78, 5) is 0. The van der Waals surface area contributed by atoms with Gasteiger partial charge in [0.1, 0.15) is 5.76 Å². The minimum absolute atomic E-state index is 0.111. The minimum atomic E-state index is -3.68. The molecule has 0 aliphatic heterocycles. The highest BCUT2D eigenvalue weighted by Gasteiger charge is 2.27. The molecule has 0 amide bonds. The molecule has 0 saturated carbocycles. The Hall–Kier alpha value is -0.930. The summed E-state index contributed by atoms with van der Waals surface area (Å²) < 4.78 is 41.0. The Kier molecular flexibility index (Phi) is 6.46. The van der Waals surface area contributed by atoms with Gasteiger partial charge in [0.2, 0.25) is 5.09 Å². The fourth-order valence-corrected chi connectivity index (χ4v) is 2.81. The van der Waals surface area contributed by atoms with Crippen LogP contribution in [0.5, 0.6) is 0 Å². The molecule has 1 heterocycles. The second kappa shape index (κ2) is 7.61. The number of methoxy groups -OCH3 is 2. The zero-order chi connectivity index (χ0) is 14.3.